The number of nitriles is 1. The molecule has 8 rings (SSSR count). The maximum Gasteiger partial charge on any atom is 0.351 e. The average molecular weight is 1030 g/mol. The highest BCUT2D eigenvalue weighted by atomic mass is 31.2. The van der Waals surface area contributed by atoms with Crippen molar-refractivity contribution in [3.8, 4) is 23.3 Å². The van der Waals surface area contributed by atoms with E-state index in [1.807, 2.05) is 113 Å². The highest BCUT2D eigenvalue weighted by molar-refractivity contribution is 7.44. The average Bonchev–Trinajstić information content (AvgIpc) is 3.60. The third kappa shape index (κ3) is 11.5. The van der Waals surface area contributed by atoms with Gasteiger partial charge in [0.15, 0.2) is 18.9 Å². The van der Waals surface area contributed by atoms with Crippen LogP contribution < -0.4 is 25.2 Å². The molecule has 386 valence electrons. The molecule has 0 saturated carbocycles. The van der Waals surface area contributed by atoms with Crippen molar-refractivity contribution in [3.05, 3.63) is 184 Å². The second-order valence-electron chi connectivity index (χ2n) is 18.3. The number of nitrogens with zero attached hydrogens (tertiary/aromatic N) is 5. The van der Waals surface area contributed by atoms with Gasteiger partial charge >= 0.3 is 5.69 Å². The van der Waals surface area contributed by atoms with E-state index in [1.165, 1.54) is 15.8 Å². The molecular formula is C56H61N6O11P. The number of carbonyl (C=O) groups excluding carboxylic acids is 2. The number of rotatable bonds is 22. The first-order valence-corrected chi connectivity index (χ1v) is 25.5. The second kappa shape index (κ2) is 23.9. The number of hydroxylamine groups is 2. The Labute approximate surface area is 432 Å². The first-order chi connectivity index (χ1) is 35.8. The molecule has 2 saturated heterocycles. The Morgan fingerprint density at radius 1 is 0.838 bits per heavy atom. The van der Waals surface area contributed by atoms with Gasteiger partial charge in [0.2, 0.25) is 0 Å². The first kappa shape index (κ1) is 53.3. The van der Waals surface area contributed by atoms with E-state index in [4.69, 9.17) is 37.6 Å². The van der Waals surface area contributed by atoms with Crippen LogP contribution in [0.5, 0.6) is 17.2 Å². The number of amides is 2. The monoisotopic (exact) mass is 1020 g/mol. The predicted molar refractivity (Wildman–Crippen MR) is 277 cm³/mol. The minimum absolute atomic E-state index is 0.0493. The Morgan fingerprint density at radius 2 is 1.41 bits per heavy atom. The number of anilines is 1. The molecule has 5 aromatic carbocycles. The lowest BCUT2D eigenvalue weighted by Gasteiger charge is -2.46. The fourth-order valence-corrected chi connectivity index (χ4v) is 11.1. The van der Waals surface area contributed by atoms with Crippen LogP contribution in [0.1, 0.15) is 73.0 Å². The highest BCUT2D eigenvalue weighted by Gasteiger charge is 2.65. The summed E-state index contributed by atoms with van der Waals surface area (Å²) in [5.41, 5.74) is -0.822. The van der Waals surface area contributed by atoms with Gasteiger partial charge in [-0.05, 0) is 99.8 Å². The number of hydrogen-bond acceptors (Lipinski definition) is 14. The van der Waals surface area contributed by atoms with Crippen LogP contribution in [0.4, 0.5) is 5.82 Å². The first-order valence-electron chi connectivity index (χ1n) is 24.3. The van der Waals surface area contributed by atoms with Crippen molar-refractivity contribution in [2.24, 2.45) is 0 Å². The van der Waals surface area contributed by atoms with Crippen molar-refractivity contribution in [2.45, 2.75) is 82.8 Å². The van der Waals surface area contributed by atoms with Gasteiger partial charge in [0, 0.05) is 29.4 Å². The molecule has 74 heavy (non-hydrogen) atoms. The van der Waals surface area contributed by atoms with Gasteiger partial charge in [-0.25, -0.2) is 14.5 Å². The summed E-state index contributed by atoms with van der Waals surface area (Å²) < 4.78 is 49.3. The molecule has 17 nitrogen and oxygen atoms in total. The molecule has 5 atom stereocenters. The van der Waals surface area contributed by atoms with Gasteiger partial charge in [-0.2, -0.15) is 10.2 Å². The standard InChI is InChI=1S/C56H61N6O11P/c1-38(2)62(39(3)4)74(70-33-17-32-57)73-50-49-53(60-34-40(5)51(59-54(60)65)58-52(64)41-18-11-8-12-19-41)71-55(50,36-61(72-49)48(63)35-68-47-22-15-10-16-23-47)37-69-56(42-20-13-9-14-21-42,43-24-28-45(66-6)29-25-43)44-26-30-46(67-7)31-27-44/h8-16,18-31,34,38-39,49-50,53H,17,33,35-37H2,1-7H3,(H,58,59,64,65)/t49-,50?,53+,55+,74?/m0/s1. The van der Waals surface area contributed by atoms with Gasteiger partial charge in [-0.3, -0.25) is 19.0 Å². The van der Waals surface area contributed by atoms with Gasteiger partial charge in [-0.15, -0.1) is 0 Å². The van der Waals surface area contributed by atoms with Crippen molar-refractivity contribution >= 4 is 26.2 Å². The summed E-state index contributed by atoms with van der Waals surface area (Å²) in [6.07, 6.45) is -2.08. The molecule has 2 bridgehead atoms. The Kier molecular flexibility index (Phi) is 17.2. The largest absolute Gasteiger partial charge is 0.497 e. The SMILES string of the molecule is COc1ccc(C(OC[C@]23CN(C(=O)COc4ccccc4)O[C@@H](C2OP(OCCC#N)N(C(C)C)C(C)C)[C@H](n2cc(C)c(NC(=O)c4ccccc4)nc2=O)O3)(c2ccccc2)c2ccc(OC)cc2)cc1. The van der Waals surface area contributed by atoms with Crippen LogP contribution in [-0.2, 0) is 33.8 Å². The van der Waals surface area contributed by atoms with Crippen LogP contribution in [0.25, 0.3) is 0 Å². The Hall–Kier alpha value is -7.00. The minimum atomic E-state index is -2.01. The normalized spacial score (nSPS) is 18.8. The number of nitrogens with one attached hydrogen (secondary N) is 1. The molecule has 0 radical (unpaired) electrons. The van der Waals surface area contributed by atoms with Crippen LogP contribution in [0, 0.1) is 18.3 Å². The smallest absolute Gasteiger partial charge is 0.351 e. The fourth-order valence-electron chi connectivity index (χ4n) is 9.24. The summed E-state index contributed by atoms with van der Waals surface area (Å²) in [7, 11) is 1.19. The van der Waals surface area contributed by atoms with Crippen molar-refractivity contribution in [2.75, 3.05) is 45.9 Å². The molecular weight excluding hydrogens is 964 g/mol. The number of hydrogen-bond donors (Lipinski definition) is 1. The van der Waals surface area contributed by atoms with E-state index < -0.39 is 62.3 Å². The zero-order chi connectivity index (χ0) is 52.4. The number of carbonyl (C=O) groups is 2. The molecule has 0 spiro atoms. The van der Waals surface area contributed by atoms with Gasteiger partial charge in [-0.1, -0.05) is 91.0 Å². The molecule has 18 heteroatoms. The number of fused-ring (bicyclic) bond motifs is 2. The topological polar surface area (TPSA) is 185 Å². The number of para-hydroxylation sites is 1. The molecule has 2 unspecified atom stereocenters. The van der Waals surface area contributed by atoms with Crippen LogP contribution in [0.2, 0.25) is 0 Å². The van der Waals surface area contributed by atoms with Crippen LogP contribution >= 0.6 is 8.53 Å². The molecule has 3 heterocycles. The number of ether oxygens (including phenoxy) is 5. The minimum Gasteiger partial charge on any atom is -0.497 e. The molecule has 2 fully saturated rings. The van der Waals surface area contributed by atoms with Crippen molar-refractivity contribution in [1.29, 1.82) is 5.26 Å². The van der Waals surface area contributed by atoms with E-state index in [1.54, 1.807) is 75.7 Å². The van der Waals surface area contributed by atoms with E-state index in [2.05, 4.69) is 21.0 Å². The Balaban J connectivity index is 1.30. The quantitative estimate of drug-likeness (QED) is 0.0386. The van der Waals surface area contributed by atoms with Gasteiger partial charge < -0.3 is 38.0 Å². The highest BCUT2D eigenvalue weighted by Crippen LogP contribution is 2.55. The van der Waals surface area contributed by atoms with Crippen LogP contribution in [-0.4, -0.2) is 102 Å². The lowest BCUT2D eigenvalue weighted by molar-refractivity contribution is -0.261. The molecule has 2 aliphatic heterocycles. The summed E-state index contributed by atoms with van der Waals surface area (Å²) in [6, 6.07) is 44.3. The summed E-state index contributed by atoms with van der Waals surface area (Å²) in [5.74, 6) is 0.770. The second-order valence-corrected chi connectivity index (χ2v) is 19.7. The van der Waals surface area contributed by atoms with Gasteiger partial charge in [0.1, 0.15) is 40.4 Å². The maximum absolute atomic E-state index is 14.6. The number of methoxy groups -OCH3 is 2. The maximum atomic E-state index is 14.6. The van der Waals surface area contributed by atoms with Crippen molar-refractivity contribution < 1.29 is 47.2 Å². The van der Waals surface area contributed by atoms with Crippen LogP contribution in [0.3, 0.4) is 0 Å². The number of benzene rings is 5. The molecule has 1 N–H and O–H groups in total. The Bertz CT molecular complexity index is 2870. The van der Waals surface area contributed by atoms with Crippen molar-refractivity contribution in [1.82, 2.24) is 19.3 Å². The van der Waals surface area contributed by atoms with Crippen LogP contribution in [0.15, 0.2) is 151 Å². The molecule has 0 aliphatic carbocycles. The fraction of sp³-hybridized carbons (Fsp3) is 0.339. The predicted octanol–water partition coefficient (Wildman–Crippen LogP) is 8.98. The van der Waals surface area contributed by atoms with Gasteiger partial charge in [0.05, 0.1) is 46.5 Å². The summed E-state index contributed by atoms with van der Waals surface area (Å²) >= 11 is 0. The van der Waals surface area contributed by atoms with E-state index in [0.29, 0.717) is 28.4 Å². The molecule has 2 amide bonds. The molecule has 2 aliphatic rings. The van der Waals surface area contributed by atoms with Crippen molar-refractivity contribution in [3.63, 3.8) is 0 Å². The van der Waals surface area contributed by atoms with Gasteiger partial charge in [0.25, 0.3) is 20.3 Å². The summed E-state index contributed by atoms with van der Waals surface area (Å²) in [6.45, 7) is 8.86. The van der Waals surface area contributed by atoms with E-state index >= 15 is 0 Å². The van der Waals surface area contributed by atoms with E-state index in [-0.39, 0.29) is 44.1 Å². The zero-order valence-corrected chi connectivity index (χ0v) is 43.3. The molecule has 6 aromatic rings. The lowest BCUT2D eigenvalue weighted by atomic mass is 9.79. The summed E-state index contributed by atoms with van der Waals surface area (Å²) in [5, 5.41) is 13.6. The third-order valence-electron chi connectivity index (χ3n) is 12.7. The summed E-state index contributed by atoms with van der Waals surface area (Å²) in [4.78, 5) is 53.6. The Morgan fingerprint density at radius 3 is 1.97 bits per heavy atom. The van der Waals surface area contributed by atoms with E-state index in [9.17, 15) is 19.6 Å². The van der Waals surface area contributed by atoms with E-state index in [0.717, 1.165) is 16.7 Å². The zero-order valence-electron chi connectivity index (χ0n) is 42.5. The third-order valence-corrected chi connectivity index (χ3v) is 14.9. The molecule has 1 aromatic heterocycles. The number of aromatic nitrogens is 2. The lowest BCUT2D eigenvalue weighted by Crippen LogP contribution is -2.63. The number of aryl methyl sites for hydroxylation is 1.